The van der Waals surface area contributed by atoms with Crippen LogP contribution in [0.1, 0.15) is 13.3 Å². The molecule has 0 saturated carbocycles. The Kier molecular flexibility index (Phi) is 4.30. The molecule has 0 aliphatic carbocycles. The number of carboxylic acid groups (broad SMARTS) is 1. The third-order valence-corrected chi connectivity index (χ3v) is 5.86. The molecule has 1 N–H and O–H groups in total. The van der Waals surface area contributed by atoms with Crippen LogP contribution in [0.5, 0.6) is 0 Å². The van der Waals surface area contributed by atoms with Crippen LogP contribution in [-0.2, 0) is 14.8 Å². The van der Waals surface area contributed by atoms with E-state index in [1.54, 1.807) is 6.92 Å². The molecule has 0 bridgehead atoms. The van der Waals surface area contributed by atoms with E-state index in [-0.39, 0.29) is 21.5 Å². The van der Waals surface area contributed by atoms with E-state index in [2.05, 4.69) is 0 Å². The first kappa shape index (κ1) is 15.6. The predicted octanol–water partition coefficient (Wildman–Crippen LogP) is 2.48. The second kappa shape index (κ2) is 5.52. The van der Waals surface area contributed by atoms with Crippen LogP contribution in [0.2, 0.25) is 10.0 Å². The van der Waals surface area contributed by atoms with Gasteiger partial charge in [0.25, 0.3) is 0 Å². The van der Waals surface area contributed by atoms with Gasteiger partial charge in [0.05, 0.1) is 10.8 Å². The van der Waals surface area contributed by atoms with Crippen molar-refractivity contribution in [3.05, 3.63) is 28.2 Å². The number of hydrogen-bond donors (Lipinski definition) is 1. The molecule has 1 aromatic rings. The van der Waals surface area contributed by atoms with Crippen molar-refractivity contribution in [1.82, 2.24) is 4.31 Å². The van der Waals surface area contributed by atoms with Gasteiger partial charge in [-0.1, -0.05) is 23.2 Å². The zero-order valence-electron chi connectivity index (χ0n) is 10.6. The lowest BCUT2D eigenvalue weighted by atomic mass is 10.0. The molecule has 1 aliphatic heterocycles. The van der Waals surface area contributed by atoms with Gasteiger partial charge in [0, 0.05) is 22.6 Å². The Labute approximate surface area is 127 Å². The summed E-state index contributed by atoms with van der Waals surface area (Å²) in [5.74, 6) is -1.68. The second-order valence-corrected chi connectivity index (χ2v) is 7.46. The van der Waals surface area contributed by atoms with Crippen LogP contribution in [0.25, 0.3) is 0 Å². The topological polar surface area (TPSA) is 74.7 Å². The highest BCUT2D eigenvalue weighted by atomic mass is 35.5. The Morgan fingerprint density at radius 2 is 1.85 bits per heavy atom. The Morgan fingerprint density at radius 1 is 1.30 bits per heavy atom. The SMILES string of the molecule is CC1C(C(=O)O)CCN1S(=O)(=O)c1cc(Cl)cc(Cl)c1. The zero-order valence-corrected chi connectivity index (χ0v) is 12.9. The van der Waals surface area contributed by atoms with Gasteiger partial charge in [0.2, 0.25) is 10.0 Å². The highest BCUT2D eigenvalue weighted by molar-refractivity contribution is 7.89. The van der Waals surface area contributed by atoms with Crippen molar-refractivity contribution < 1.29 is 18.3 Å². The Hall–Kier alpha value is -0.820. The first-order chi connectivity index (χ1) is 9.23. The maximum Gasteiger partial charge on any atom is 0.308 e. The van der Waals surface area contributed by atoms with Gasteiger partial charge in [-0.05, 0) is 31.5 Å². The van der Waals surface area contributed by atoms with Crippen molar-refractivity contribution in [3.8, 4) is 0 Å². The standard InChI is InChI=1S/C12H13Cl2NO4S/c1-7-11(12(16)17)2-3-15(7)20(18,19)10-5-8(13)4-9(14)6-10/h4-7,11H,2-3H2,1H3,(H,16,17). The number of carbonyl (C=O) groups is 1. The Balaban J connectivity index is 2.39. The summed E-state index contributed by atoms with van der Waals surface area (Å²) < 4.78 is 26.3. The first-order valence-corrected chi connectivity index (χ1v) is 8.14. The molecule has 5 nitrogen and oxygen atoms in total. The van der Waals surface area contributed by atoms with E-state index in [1.165, 1.54) is 22.5 Å². The van der Waals surface area contributed by atoms with Crippen molar-refractivity contribution >= 4 is 39.2 Å². The van der Waals surface area contributed by atoms with Crippen LogP contribution in [0.15, 0.2) is 23.1 Å². The van der Waals surface area contributed by atoms with Crippen molar-refractivity contribution in [1.29, 1.82) is 0 Å². The molecule has 0 aromatic heterocycles. The van der Waals surface area contributed by atoms with Crippen molar-refractivity contribution in [2.75, 3.05) is 6.54 Å². The van der Waals surface area contributed by atoms with E-state index in [1.807, 2.05) is 0 Å². The molecular formula is C12H13Cl2NO4S. The van der Waals surface area contributed by atoms with Crippen LogP contribution in [0.3, 0.4) is 0 Å². The third kappa shape index (κ3) is 2.79. The molecule has 1 saturated heterocycles. The molecule has 2 unspecified atom stereocenters. The van der Waals surface area contributed by atoms with Crippen molar-refractivity contribution in [2.24, 2.45) is 5.92 Å². The van der Waals surface area contributed by atoms with Gasteiger partial charge < -0.3 is 5.11 Å². The van der Waals surface area contributed by atoms with E-state index in [0.717, 1.165) is 0 Å². The van der Waals surface area contributed by atoms with Crippen LogP contribution in [0, 0.1) is 5.92 Å². The molecule has 2 atom stereocenters. The minimum Gasteiger partial charge on any atom is -0.481 e. The van der Waals surface area contributed by atoms with E-state index in [4.69, 9.17) is 28.3 Å². The largest absolute Gasteiger partial charge is 0.481 e. The second-order valence-electron chi connectivity index (χ2n) is 4.69. The fraction of sp³-hybridized carbons (Fsp3) is 0.417. The molecule has 0 radical (unpaired) electrons. The molecule has 1 aromatic carbocycles. The molecule has 110 valence electrons. The smallest absolute Gasteiger partial charge is 0.308 e. The highest BCUT2D eigenvalue weighted by Crippen LogP contribution is 2.32. The molecular weight excluding hydrogens is 325 g/mol. The van der Waals surface area contributed by atoms with Crippen LogP contribution >= 0.6 is 23.2 Å². The number of carboxylic acids is 1. The van der Waals surface area contributed by atoms with Gasteiger partial charge in [0.15, 0.2) is 0 Å². The lowest BCUT2D eigenvalue weighted by Crippen LogP contribution is -2.37. The van der Waals surface area contributed by atoms with Gasteiger partial charge in [-0.2, -0.15) is 4.31 Å². The summed E-state index contributed by atoms with van der Waals surface area (Å²) in [6, 6.07) is 3.46. The molecule has 0 amide bonds. The number of halogens is 2. The fourth-order valence-electron chi connectivity index (χ4n) is 2.39. The van der Waals surface area contributed by atoms with E-state index >= 15 is 0 Å². The summed E-state index contributed by atoms with van der Waals surface area (Å²) in [6.45, 7) is 1.76. The highest BCUT2D eigenvalue weighted by Gasteiger charge is 2.42. The average Bonchev–Trinajstić information content (AvgIpc) is 2.70. The van der Waals surface area contributed by atoms with Gasteiger partial charge in [-0.3, -0.25) is 4.79 Å². The maximum absolute atomic E-state index is 12.5. The first-order valence-electron chi connectivity index (χ1n) is 5.94. The summed E-state index contributed by atoms with van der Waals surface area (Å²) in [5.41, 5.74) is 0. The summed E-state index contributed by atoms with van der Waals surface area (Å²) in [6.07, 6.45) is 0.296. The molecule has 0 spiro atoms. The van der Waals surface area contributed by atoms with Crippen LogP contribution in [-0.4, -0.2) is 36.4 Å². The average molecular weight is 338 g/mol. The van der Waals surface area contributed by atoms with Crippen LogP contribution < -0.4 is 0 Å². The maximum atomic E-state index is 12.5. The minimum absolute atomic E-state index is 0.0205. The van der Waals surface area contributed by atoms with Gasteiger partial charge >= 0.3 is 5.97 Å². The summed E-state index contributed by atoms with van der Waals surface area (Å²) in [7, 11) is -3.80. The van der Waals surface area contributed by atoms with E-state index in [0.29, 0.717) is 6.42 Å². The van der Waals surface area contributed by atoms with Gasteiger partial charge in [-0.15, -0.1) is 0 Å². The van der Waals surface area contributed by atoms with Crippen LogP contribution in [0.4, 0.5) is 0 Å². The number of hydrogen-bond acceptors (Lipinski definition) is 3. The number of aliphatic carboxylic acids is 1. The normalized spacial score (nSPS) is 23.9. The molecule has 1 aliphatic rings. The monoisotopic (exact) mass is 337 g/mol. The summed E-state index contributed by atoms with van der Waals surface area (Å²) >= 11 is 11.6. The number of nitrogens with zero attached hydrogens (tertiary/aromatic N) is 1. The molecule has 1 heterocycles. The van der Waals surface area contributed by atoms with Crippen molar-refractivity contribution in [3.63, 3.8) is 0 Å². The summed E-state index contributed by atoms with van der Waals surface area (Å²) in [4.78, 5) is 11.0. The molecule has 8 heteroatoms. The van der Waals surface area contributed by atoms with E-state index in [9.17, 15) is 13.2 Å². The minimum atomic E-state index is -3.80. The van der Waals surface area contributed by atoms with E-state index < -0.39 is 28.0 Å². The predicted molar refractivity (Wildman–Crippen MR) is 75.6 cm³/mol. The molecule has 2 rings (SSSR count). The number of sulfonamides is 1. The van der Waals surface area contributed by atoms with Crippen molar-refractivity contribution in [2.45, 2.75) is 24.3 Å². The Bertz CT molecular complexity index is 627. The Morgan fingerprint density at radius 3 is 2.30 bits per heavy atom. The lowest BCUT2D eigenvalue weighted by molar-refractivity contribution is -0.142. The molecule has 1 fully saturated rings. The lowest BCUT2D eigenvalue weighted by Gasteiger charge is -2.22. The van der Waals surface area contributed by atoms with Gasteiger partial charge in [0.1, 0.15) is 0 Å². The number of rotatable bonds is 3. The number of benzene rings is 1. The summed E-state index contributed by atoms with van der Waals surface area (Å²) in [5, 5.41) is 9.50. The van der Waals surface area contributed by atoms with Gasteiger partial charge in [-0.25, -0.2) is 8.42 Å². The molecule has 20 heavy (non-hydrogen) atoms. The quantitative estimate of drug-likeness (QED) is 0.919. The fourth-order valence-corrected chi connectivity index (χ4v) is 4.80. The zero-order chi connectivity index (χ0) is 15.1. The third-order valence-electron chi connectivity index (χ3n) is 3.46.